The third kappa shape index (κ3) is 1.19. The molecule has 0 aromatic heterocycles. The Hall–Kier alpha value is -0.0400. The summed E-state index contributed by atoms with van der Waals surface area (Å²) in [4.78, 5) is 2.69. The van der Waals surface area contributed by atoms with E-state index in [-0.39, 0.29) is 0 Å². The van der Waals surface area contributed by atoms with Crippen molar-refractivity contribution < 1.29 is 0 Å². The quantitative estimate of drug-likeness (QED) is 0.582. The molecule has 1 nitrogen and oxygen atoms in total. The highest BCUT2D eigenvalue weighted by Gasteiger charge is 2.58. The van der Waals surface area contributed by atoms with E-state index in [0.29, 0.717) is 0 Å². The van der Waals surface area contributed by atoms with Gasteiger partial charge in [0.25, 0.3) is 0 Å². The van der Waals surface area contributed by atoms with Gasteiger partial charge in [0, 0.05) is 18.1 Å². The van der Waals surface area contributed by atoms with Gasteiger partial charge in [0.2, 0.25) is 0 Å². The second kappa shape index (κ2) is 3.02. The first-order valence-electron chi connectivity index (χ1n) is 5.53. The lowest BCUT2D eigenvalue weighted by molar-refractivity contribution is 0.167. The maximum Gasteiger partial charge on any atom is 0.0270 e. The van der Waals surface area contributed by atoms with E-state index in [1.807, 2.05) is 0 Å². The molecule has 0 saturated carbocycles. The zero-order chi connectivity index (χ0) is 8.72. The van der Waals surface area contributed by atoms with Crippen molar-refractivity contribution in [3.05, 3.63) is 0 Å². The first-order valence-corrected chi connectivity index (χ1v) is 5.53. The maximum absolute atomic E-state index is 2.69. The molecule has 2 rings (SSSR count). The van der Waals surface area contributed by atoms with Crippen LogP contribution in [0.5, 0.6) is 0 Å². The molecule has 0 aromatic rings. The molecule has 1 heteroatoms. The molecule has 0 bridgehead atoms. The lowest BCUT2D eigenvalue weighted by Crippen LogP contribution is -2.38. The molecule has 2 aliphatic heterocycles. The van der Waals surface area contributed by atoms with Gasteiger partial charge in [0.05, 0.1) is 0 Å². The highest BCUT2D eigenvalue weighted by Crippen LogP contribution is 2.49. The molecule has 0 amide bonds. The molecule has 0 aliphatic carbocycles. The van der Waals surface area contributed by atoms with Gasteiger partial charge in [-0.05, 0) is 25.7 Å². The summed E-state index contributed by atoms with van der Waals surface area (Å²) in [5, 5.41) is 0. The zero-order valence-corrected chi connectivity index (χ0v) is 8.59. The fourth-order valence-corrected chi connectivity index (χ4v) is 2.78. The van der Waals surface area contributed by atoms with Crippen LogP contribution in [0.2, 0.25) is 0 Å². The third-order valence-electron chi connectivity index (χ3n) is 3.86. The minimum atomic E-state index is 0.930. The molecular weight excluding hydrogens is 146 g/mol. The van der Waals surface area contributed by atoms with Crippen LogP contribution in [0.15, 0.2) is 0 Å². The van der Waals surface area contributed by atoms with E-state index < -0.39 is 0 Å². The van der Waals surface area contributed by atoms with Crippen molar-refractivity contribution >= 4 is 0 Å². The van der Waals surface area contributed by atoms with E-state index in [4.69, 9.17) is 0 Å². The molecule has 0 spiro atoms. The van der Waals surface area contributed by atoms with E-state index in [1.165, 1.54) is 25.7 Å². The number of hydrogen-bond acceptors (Lipinski definition) is 1. The SMILES string of the molecule is CCCC[C@@H](C)C1CC2C(C)N21. The zero-order valence-electron chi connectivity index (χ0n) is 8.59. The highest BCUT2D eigenvalue weighted by atomic mass is 15.4. The fraction of sp³-hybridized carbons (Fsp3) is 1.00. The van der Waals surface area contributed by atoms with Crippen molar-refractivity contribution in [2.24, 2.45) is 5.92 Å². The number of nitrogens with zero attached hydrogens (tertiary/aromatic N) is 1. The van der Waals surface area contributed by atoms with Crippen LogP contribution in [0.4, 0.5) is 0 Å². The van der Waals surface area contributed by atoms with Crippen molar-refractivity contribution in [1.29, 1.82) is 0 Å². The molecular formula is C11H21N. The van der Waals surface area contributed by atoms with Gasteiger partial charge in [-0.25, -0.2) is 0 Å². The molecule has 5 atom stereocenters. The van der Waals surface area contributed by atoms with Gasteiger partial charge in [-0.15, -0.1) is 0 Å². The largest absolute Gasteiger partial charge is 0.291 e. The first kappa shape index (κ1) is 8.55. The predicted molar refractivity (Wildman–Crippen MR) is 52.2 cm³/mol. The summed E-state index contributed by atoms with van der Waals surface area (Å²) in [5.74, 6) is 0.950. The van der Waals surface area contributed by atoms with Crippen molar-refractivity contribution in [2.45, 2.75) is 64.6 Å². The molecule has 70 valence electrons. The lowest BCUT2D eigenvalue weighted by atomic mass is 9.89. The number of fused-ring (bicyclic) bond motifs is 1. The first-order chi connectivity index (χ1) is 5.75. The summed E-state index contributed by atoms with van der Waals surface area (Å²) in [6.07, 6.45) is 5.71. The minimum absolute atomic E-state index is 0.930. The Morgan fingerprint density at radius 2 is 2.25 bits per heavy atom. The molecule has 12 heavy (non-hydrogen) atoms. The van der Waals surface area contributed by atoms with Crippen molar-refractivity contribution in [1.82, 2.24) is 4.90 Å². The van der Waals surface area contributed by atoms with Gasteiger partial charge in [-0.2, -0.15) is 0 Å². The van der Waals surface area contributed by atoms with Crippen LogP contribution in [0, 0.1) is 5.92 Å². The Labute approximate surface area is 76.1 Å². The molecule has 0 aromatic carbocycles. The van der Waals surface area contributed by atoms with Crippen LogP contribution in [0.25, 0.3) is 0 Å². The van der Waals surface area contributed by atoms with Gasteiger partial charge in [0.15, 0.2) is 0 Å². The van der Waals surface area contributed by atoms with Crippen molar-refractivity contribution in [3.8, 4) is 0 Å². The van der Waals surface area contributed by atoms with Gasteiger partial charge < -0.3 is 0 Å². The van der Waals surface area contributed by atoms with Crippen LogP contribution >= 0.6 is 0 Å². The Kier molecular flexibility index (Phi) is 2.16. The normalized spacial score (nSPS) is 46.2. The Balaban J connectivity index is 1.72. The van der Waals surface area contributed by atoms with Gasteiger partial charge in [0.1, 0.15) is 0 Å². The second-order valence-electron chi connectivity index (χ2n) is 4.68. The van der Waals surface area contributed by atoms with Crippen LogP contribution in [-0.2, 0) is 0 Å². The molecule has 0 radical (unpaired) electrons. The van der Waals surface area contributed by atoms with Gasteiger partial charge >= 0.3 is 0 Å². The van der Waals surface area contributed by atoms with Crippen LogP contribution in [0.3, 0.4) is 0 Å². The van der Waals surface area contributed by atoms with E-state index in [9.17, 15) is 0 Å². The van der Waals surface area contributed by atoms with E-state index >= 15 is 0 Å². The molecule has 2 aliphatic rings. The summed E-state index contributed by atoms with van der Waals surface area (Å²) < 4.78 is 0. The number of hydrogen-bond donors (Lipinski definition) is 0. The molecule has 2 saturated heterocycles. The maximum atomic E-state index is 2.69. The van der Waals surface area contributed by atoms with Crippen molar-refractivity contribution in [3.63, 3.8) is 0 Å². The minimum Gasteiger partial charge on any atom is -0.291 e. The Morgan fingerprint density at radius 3 is 2.67 bits per heavy atom. The summed E-state index contributed by atoms with van der Waals surface area (Å²) in [5.41, 5.74) is 0. The highest BCUT2D eigenvalue weighted by molar-refractivity contribution is 5.14. The number of unbranched alkanes of at least 4 members (excludes halogenated alkanes) is 1. The monoisotopic (exact) mass is 167 g/mol. The third-order valence-corrected chi connectivity index (χ3v) is 3.86. The Morgan fingerprint density at radius 1 is 1.50 bits per heavy atom. The summed E-state index contributed by atoms with van der Waals surface area (Å²) in [7, 11) is 0. The topological polar surface area (TPSA) is 3.01 Å². The molecule has 2 heterocycles. The summed E-state index contributed by atoms with van der Waals surface area (Å²) in [6, 6.07) is 2.88. The average molecular weight is 167 g/mol. The van der Waals surface area contributed by atoms with Crippen LogP contribution < -0.4 is 0 Å². The van der Waals surface area contributed by atoms with Gasteiger partial charge in [-0.1, -0.05) is 26.7 Å². The van der Waals surface area contributed by atoms with E-state index in [1.54, 1.807) is 0 Å². The average Bonchev–Trinajstić information content (AvgIpc) is 2.47. The summed E-state index contributed by atoms with van der Waals surface area (Å²) >= 11 is 0. The van der Waals surface area contributed by atoms with E-state index in [0.717, 1.165) is 24.0 Å². The summed E-state index contributed by atoms with van der Waals surface area (Å²) in [6.45, 7) is 7.09. The predicted octanol–water partition coefficient (Wildman–Crippen LogP) is 2.66. The smallest absolute Gasteiger partial charge is 0.0270 e. The van der Waals surface area contributed by atoms with E-state index in [2.05, 4.69) is 25.7 Å². The second-order valence-corrected chi connectivity index (χ2v) is 4.68. The lowest BCUT2D eigenvalue weighted by Gasteiger charge is -2.32. The Bertz CT molecular complexity index is 162. The number of rotatable bonds is 4. The fourth-order valence-electron chi connectivity index (χ4n) is 2.78. The van der Waals surface area contributed by atoms with Crippen LogP contribution in [0.1, 0.15) is 46.5 Å². The molecule has 2 fully saturated rings. The van der Waals surface area contributed by atoms with Crippen LogP contribution in [-0.4, -0.2) is 23.0 Å². The molecule has 4 unspecified atom stereocenters. The standard InChI is InChI=1S/C11H21N/c1-4-5-6-8(2)10-7-11-9(3)12(10)11/h8-11H,4-7H2,1-3H3/t8-,9?,10?,11?,12?/m1/s1. The van der Waals surface area contributed by atoms with Crippen molar-refractivity contribution in [2.75, 3.05) is 0 Å². The van der Waals surface area contributed by atoms with Gasteiger partial charge in [-0.3, -0.25) is 4.90 Å². The molecule has 0 N–H and O–H groups in total.